The quantitative estimate of drug-likeness (QED) is 0.0927. The van der Waals surface area contributed by atoms with Gasteiger partial charge >= 0.3 is 5.97 Å². The van der Waals surface area contributed by atoms with Gasteiger partial charge in [0.25, 0.3) is 0 Å². The zero-order valence-electron chi connectivity index (χ0n) is 26.7. The number of unbranched alkanes of at least 4 members (excludes halogenated alkanes) is 12. The largest absolute Gasteiger partial charge is 0.462 e. The van der Waals surface area contributed by atoms with Gasteiger partial charge in [-0.25, -0.2) is 9.69 Å². The molecular weight excluding hydrogens is 558 g/mol. The molecule has 4 aliphatic rings. The lowest BCUT2D eigenvalue weighted by Crippen LogP contribution is -2.41. The zero-order valence-corrected chi connectivity index (χ0v) is 26.7. The van der Waals surface area contributed by atoms with Gasteiger partial charge < -0.3 is 4.74 Å². The van der Waals surface area contributed by atoms with Gasteiger partial charge in [-0.15, -0.1) is 0 Å². The fourth-order valence-electron chi connectivity index (χ4n) is 8.12. The number of imide groups is 1. The van der Waals surface area contributed by atoms with Gasteiger partial charge in [0.15, 0.2) is 0 Å². The van der Waals surface area contributed by atoms with E-state index in [9.17, 15) is 14.4 Å². The minimum absolute atomic E-state index is 0.177. The molecule has 1 heterocycles. The number of carbonyl (C=O) groups is 3. The topological polar surface area (TPSA) is 63.7 Å². The molecule has 3 aromatic rings. The summed E-state index contributed by atoms with van der Waals surface area (Å²) >= 11 is 0. The van der Waals surface area contributed by atoms with Gasteiger partial charge in [-0.2, -0.15) is 0 Å². The normalized spacial score (nSPS) is 21.0. The summed E-state index contributed by atoms with van der Waals surface area (Å²) in [5.41, 5.74) is 5.15. The first kappa shape index (κ1) is 31.3. The van der Waals surface area contributed by atoms with Crippen molar-refractivity contribution in [2.75, 3.05) is 11.5 Å². The van der Waals surface area contributed by atoms with Crippen LogP contribution in [0.2, 0.25) is 0 Å². The minimum atomic E-state index is -0.484. The molecule has 1 aliphatic heterocycles. The third-order valence-corrected chi connectivity index (χ3v) is 10.3. The summed E-state index contributed by atoms with van der Waals surface area (Å²) in [4.78, 5) is 43.0. The summed E-state index contributed by atoms with van der Waals surface area (Å²) in [6.45, 7) is 2.60. The molecule has 0 saturated carbocycles. The molecule has 7 rings (SSSR count). The summed E-state index contributed by atoms with van der Waals surface area (Å²) in [5.74, 6) is -2.24. The Morgan fingerprint density at radius 1 is 0.578 bits per heavy atom. The van der Waals surface area contributed by atoms with Crippen molar-refractivity contribution >= 4 is 23.5 Å². The molecule has 5 nitrogen and oxygen atoms in total. The van der Waals surface area contributed by atoms with E-state index in [-0.39, 0.29) is 29.2 Å². The van der Waals surface area contributed by atoms with Crippen LogP contribution in [-0.4, -0.2) is 24.4 Å². The highest BCUT2D eigenvalue weighted by atomic mass is 16.5. The molecule has 0 spiro atoms. The third kappa shape index (κ3) is 6.23. The first-order chi connectivity index (χ1) is 22.1. The Kier molecular flexibility index (Phi) is 10.1. The first-order valence-corrected chi connectivity index (χ1v) is 17.4. The summed E-state index contributed by atoms with van der Waals surface area (Å²) in [6.07, 6.45) is 16.3. The standard InChI is InChI=1S/C40H47NO4/c1-2-3-4-5-6-7-8-9-10-11-12-13-20-27-45-40(44)32-25-18-19-26-33(32)41-38(42)36-34-28-21-14-15-22-29(28)35(37(36)39(41)43)31-24-17-16-23-30(31)34/h14-19,21-26,34-37H,2-13,20,27H2,1H3/t34?,35?,36-,37+. The van der Waals surface area contributed by atoms with Crippen LogP contribution in [0.25, 0.3) is 0 Å². The van der Waals surface area contributed by atoms with Crippen molar-refractivity contribution in [2.45, 2.75) is 102 Å². The second-order valence-corrected chi connectivity index (χ2v) is 13.2. The smallest absolute Gasteiger partial charge is 0.340 e. The van der Waals surface area contributed by atoms with Crippen LogP contribution in [0.4, 0.5) is 5.69 Å². The van der Waals surface area contributed by atoms with Crippen LogP contribution in [-0.2, 0) is 14.3 Å². The van der Waals surface area contributed by atoms with Gasteiger partial charge in [0.05, 0.1) is 29.7 Å². The van der Waals surface area contributed by atoms with E-state index in [0.717, 1.165) is 41.5 Å². The van der Waals surface area contributed by atoms with Gasteiger partial charge in [0, 0.05) is 11.8 Å². The van der Waals surface area contributed by atoms with E-state index in [1.165, 1.54) is 69.1 Å². The van der Waals surface area contributed by atoms with Crippen molar-refractivity contribution in [3.63, 3.8) is 0 Å². The third-order valence-electron chi connectivity index (χ3n) is 10.3. The van der Waals surface area contributed by atoms with Crippen LogP contribution < -0.4 is 4.90 Å². The molecule has 1 fully saturated rings. The van der Waals surface area contributed by atoms with E-state index in [0.29, 0.717) is 12.3 Å². The maximum Gasteiger partial charge on any atom is 0.340 e. The molecule has 5 heteroatoms. The van der Waals surface area contributed by atoms with Crippen LogP contribution in [0.5, 0.6) is 0 Å². The second kappa shape index (κ2) is 14.6. The Morgan fingerprint density at radius 2 is 0.978 bits per heavy atom. The van der Waals surface area contributed by atoms with Crippen LogP contribution in [0.15, 0.2) is 72.8 Å². The number of benzene rings is 3. The predicted molar refractivity (Wildman–Crippen MR) is 178 cm³/mol. The van der Waals surface area contributed by atoms with E-state index in [1.807, 2.05) is 24.3 Å². The number of hydrogen-bond acceptors (Lipinski definition) is 4. The molecule has 0 N–H and O–H groups in total. The number of hydrogen-bond donors (Lipinski definition) is 0. The second-order valence-electron chi connectivity index (χ2n) is 13.2. The molecule has 0 unspecified atom stereocenters. The van der Waals surface area contributed by atoms with E-state index >= 15 is 0 Å². The Morgan fingerprint density at radius 3 is 1.44 bits per heavy atom. The Labute approximate surface area is 268 Å². The number of para-hydroxylation sites is 1. The van der Waals surface area contributed by atoms with Crippen molar-refractivity contribution in [3.05, 3.63) is 101 Å². The van der Waals surface area contributed by atoms with E-state index < -0.39 is 17.8 Å². The average Bonchev–Trinajstić information content (AvgIpc) is 3.34. The highest BCUT2D eigenvalue weighted by Gasteiger charge is 2.62. The molecule has 0 aromatic heterocycles. The van der Waals surface area contributed by atoms with Gasteiger partial charge in [-0.05, 0) is 40.8 Å². The maximum absolute atomic E-state index is 14.2. The summed E-state index contributed by atoms with van der Waals surface area (Å²) in [6, 6.07) is 23.4. The van der Waals surface area contributed by atoms with Crippen LogP contribution in [0, 0.1) is 11.8 Å². The maximum atomic E-state index is 14.2. The number of ether oxygens (including phenoxy) is 1. The number of nitrogens with zero attached hydrogens (tertiary/aromatic N) is 1. The number of carbonyl (C=O) groups excluding carboxylic acids is 3. The molecule has 2 bridgehead atoms. The highest BCUT2D eigenvalue weighted by molar-refractivity contribution is 6.25. The van der Waals surface area contributed by atoms with Gasteiger partial charge in [-0.1, -0.05) is 145 Å². The molecule has 2 atom stereocenters. The van der Waals surface area contributed by atoms with Gasteiger partial charge in [0.2, 0.25) is 11.8 Å². The molecule has 3 aliphatic carbocycles. The summed E-state index contributed by atoms with van der Waals surface area (Å²) < 4.78 is 5.69. The lowest BCUT2D eigenvalue weighted by atomic mass is 9.55. The Bertz CT molecular complexity index is 1400. The average molecular weight is 606 g/mol. The van der Waals surface area contributed by atoms with Crippen molar-refractivity contribution in [1.29, 1.82) is 0 Å². The summed E-state index contributed by atoms with van der Waals surface area (Å²) in [5, 5.41) is 0. The fourth-order valence-corrected chi connectivity index (χ4v) is 8.12. The van der Waals surface area contributed by atoms with E-state index in [2.05, 4.69) is 31.2 Å². The Hall–Kier alpha value is -3.73. The first-order valence-electron chi connectivity index (χ1n) is 17.4. The van der Waals surface area contributed by atoms with Crippen molar-refractivity contribution in [1.82, 2.24) is 0 Å². The van der Waals surface area contributed by atoms with E-state index in [1.54, 1.807) is 24.3 Å². The molecule has 45 heavy (non-hydrogen) atoms. The van der Waals surface area contributed by atoms with Gasteiger partial charge in [-0.3, -0.25) is 9.59 Å². The SMILES string of the molecule is CCCCCCCCCCCCCCCOC(=O)c1ccccc1N1C(=O)[C@@H]2C3c4ccccc4C(c4ccccc43)[C@@H]2C1=O. The molecular formula is C40H47NO4. The predicted octanol–water partition coefficient (Wildman–Crippen LogP) is 9.33. The van der Waals surface area contributed by atoms with Crippen molar-refractivity contribution < 1.29 is 19.1 Å². The van der Waals surface area contributed by atoms with Crippen LogP contribution in [0.3, 0.4) is 0 Å². The molecule has 1 saturated heterocycles. The van der Waals surface area contributed by atoms with Crippen LogP contribution in [0.1, 0.15) is 135 Å². The molecule has 236 valence electrons. The molecule has 0 radical (unpaired) electrons. The lowest BCUT2D eigenvalue weighted by Gasteiger charge is -2.45. The lowest BCUT2D eigenvalue weighted by molar-refractivity contribution is -0.122. The monoisotopic (exact) mass is 605 g/mol. The van der Waals surface area contributed by atoms with Gasteiger partial charge in [0.1, 0.15) is 0 Å². The number of rotatable bonds is 16. The van der Waals surface area contributed by atoms with Crippen LogP contribution >= 0.6 is 0 Å². The Balaban J connectivity index is 1.04. The van der Waals surface area contributed by atoms with Crippen molar-refractivity contribution in [3.8, 4) is 0 Å². The fraction of sp³-hybridized carbons (Fsp3) is 0.475. The number of amides is 2. The zero-order chi connectivity index (χ0) is 31.2. The minimum Gasteiger partial charge on any atom is -0.462 e. The van der Waals surface area contributed by atoms with E-state index in [4.69, 9.17) is 4.74 Å². The summed E-state index contributed by atoms with van der Waals surface area (Å²) in [7, 11) is 0. The van der Waals surface area contributed by atoms with Crippen molar-refractivity contribution in [2.24, 2.45) is 11.8 Å². The highest BCUT2D eigenvalue weighted by Crippen LogP contribution is 2.61. The number of anilines is 1. The molecule has 3 aromatic carbocycles. The molecule has 2 amide bonds. The number of esters is 1.